The Hall–Kier alpha value is 0.270. The minimum atomic E-state index is 0.664. The standard InChI is InChI=1S/C13H27NOS/c1-3-7-14-13(11-16-9-4-2)12-6-5-8-15-10-12/h12-14H,3-11H2,1-2H3. The zero-order chi connectivity index (χ0) is 11.6. The molecule has 0 aliphatic carbocycles. The number of nitrogens with one attached hydrogen (secondary N) is 1. The fourth-order valence-corrected chi connectivity index (χ4v) is 3.23. The SMILES string of the molecule is CCCNC(CSCCC)C1CCCOC1. The Kier molecular flexibility index (Phi) is 8.34. The van der Waals surface area contributed by atoms with Crippen molar-refractivity contribution < 1.29 is 4.74 Å². The fourth-order valence-electron chi connectivity index (χ4n) is 2.13. The highest BCUT2D eigenvalue weighted by atomic mass is 32.2. The molecule has 1 saturated heterocycles. The zero-order valence-electron chi connectivity index (χ0n) is 10.8. The molecule has 1 aliphatic heterocycles. The molecule has 0 amide bonds. The first kappa shape index (κ1) is 14.3. The summed E-state index contributed by atoms with van der Waals surface area (Å²) in [7, 11) is 0. The number of hydrogen-bond donors (Lipinski definition) is 1. The third kappa shape index (κ3) is 5.55. The van der Waals surface area contributed by atoms with Gasteiger partial charge in [0.25, 0.3) is 0 Å². The highest BCUT2D eigenvalue weighted by Gasteiger charge is 2.23. The fraction of sp³-hybridized carbons (Fsp3) is 1.00. The van der Waals surface area contributed by atoms with E-state index in [1.165, 1.54) is 37.2 Å². The highest BCUT2D eigenvalue weighted by Crippen LogP contribution is 2.20. The zero-order valence-corrected chi connectivity index (χ0v) is 11.7. The molecule has 0 bridgehead atoms. The first-order valence-corrected chi connectivity index (χ1v) is 7.92. The summed E-state index contributed by atoms with van der Waals surface area (Å²) < 4.78 is 5.60. The molecule has 0 radical (unpaired) electrons. The Morgan fingerprint density at radius 2 is 2.25 bits per heavy atom. The highest BCUT2D eigenvalue weighted by molar-refractivity contribution is 7.99. The summed E-state index contributed by atoms with van der Waals surface area (Å²) in [5, 5.41) is 3.70. The van der Waals surface area contributed by atoms with Gasteiger partial charge in [0.05, 0.1) is 6.61 Å². The van der Waals surface area contributed by atoms with Crippen LogP contribution >= 0.6 is 11.8 Å². The Balaban J connectivity index is 2.28. The third-order valence-electron chi connectivity index (χ3n) is 3.07. The molecule has 0 aromatic heterocycles. The number of ether oxygens (including phenoxy) is 1. The van der Waals surface area contributed by atoms with Crippen molar-refractivity contribution in [3.63, 3.8) is 0 Å². The molecule has 0 spiro atoms. The molecule has 3 heteroatoms. The van der Waals surface area contributed by atoms with E-state index >= 15 is 0 Å². The van der Waals surface area contributed by atoms with Crippen LogP contribution in [0.2, 0.25) is 0 Å². The van der Waals surface area contributed by atoms with Crippen LogP contribution in [0.3, 0.4) is 0 Å². The van der Waals surface area contributed by atoms with E-state index in [1.54, 1.807) is 0 Å². The van der Waals surface area contributed by atoms with Crippen LogP contribution in [-0.4, -0.2) is 37.3 Å². The van der Waals surface area contributed by atoms with Gasteiger partial charge in [-0.25, -0.2) is 0 Å². The van der Waals surface area contributed by atoms with Crippen molar-refractivity contribution in [1.82, 2.24) is 5.32 Å². The van der Waals surface area contributed by atoms with Gasteiger partial charge in [0.1, 0.15) is 0 Å². The van der Waals surface area contributed by atoms with Crippen LogP contribution in [0.4, 0.5) is 0 Å². The van der Waals surface area contributed by atoms with Crippen molar-refractivity contribution in [1.29, 1.82) is 0 Å². The van der Waals surface area contributed by atoms with Crippen LogP contribution in [-0.2, 0) is 4.74 Å². The number of rotatable bonds is 8. The van der Waals surface area contributed by atoms with E-state index in [-0.39, 0.29) is 0 Å². The summed E-state index contributed by atoms with van der Waals surface area (Å²) in [5.41, 5.74) is 0. The molecule has 0 aromatic rings. The second-order valence-electron chi connectivity index (χ2n) is 4.61. The van der Waals surface area contributed by atoms with Gasteiger partial charge < -0.3 is 10.1 Å². The molecule has 2 unspecified atom stereocenters. The lowest BCUT2D eigenvalue weighted by Gasteiger charge is -2.31. The van der Waals surface area contributed by atoms with E-state index in [0.717, 1.165) is 25.7 Å². The van der Waals surface area contributed by atoms with Gasteiger partial charge in [-0.05, 0) is 43.9 Å². The van der Waals surface area contributed by atoms with Crippen LogP contribution in [0.15, 0.2) is 0 Å². The average molecular weight is 245 g/mol. The molecule has 0 saturated carbocycles. The van der Waals surface area contributed by atoms with E-state index in [1.807, 2.05) is 0 Å². The molecular weight excluding hydrogens is 218 g/mol. The Bertz CT molecular complexity index is 160. The van der Waals surface area contributed by atoms with Crippen molar-refractivity contribution in [2.75, 3.05) is 31.3 Å². The van der Waals surface area contributed by atoms with Gasteiger partial charge in [0, 0.05) is 18.4 Å². The summed E-state index contributed by atoms with van der Waals surface area (Å²) in [4.78, 5) is 0. The summed E-state index contributed by atoms with van der Waals surface area (Å²) in [6.45, 7) is 7.58. The van der Waals surface area contributed by atoms with E-state index in [9.17, 15) is 0 Å². The third-order valence-corrected chi connectivity index (χ3v) is 4.36. The molecule has 1 aliphatic rings. The van der Waals surface area contributed by atoms with E-state index in [0.29, 0.717) is 6.04 Å². The van der Waals surface area contributed by atoms with Crippen molar-refractivity contribution in [2.45, 2.75) is 45.6 Å². The second kappa shape index (κ2) is 9.32. The molecule has 0 aromatic carbocycles. The molecule has 1 heterocycles. The molecular formula is C13H27NOS. The maximum Gasteiger partial charge on any atom is 0.0509 e. The Morgan fingerprint density at radius 3 is 2.88 bits per heavy atom. The van der Waals surface area contributed by atoms with Gasteiger partial charge in [-0.3, -0.25) is 0 Å². The molecule has 2 atom stereocenters. The predicted molar refractivity (Wildman–Crippen MR) is 73.2 cm³/mol. The minimum Gasteiger partial charge on any atom is -0.381 e. The van der Waals surface area contributed by atoms with Crippen molar-refractivity contribution in [2.24, 2.45) is 5.92 Å². The summed E-state index contributed by atoms with van der Waals surface area (Å²) >= 11 is 2.09. The summed E-state index contributed by atoms with van der Waals surface area (Å²) in [6, 6.07) is 0.664. The molecule has 96 valence electrons. The van der Waals surface area contributed by atoms with Gasteiger partial charge in [-0.2, -0.15) is 11.8 Å². The molecule has 16 heavy (non-hydrogen) atoms. The first-order valence-electron chi connectivity index (χ1n) is 6.77. The van der Waals surface area contributed by atoms with Gasteiger partial charge in [-0.15, -0.1) is 0 Å². The lowest BCUT2D eigenvalue weighted by molar-refractivity contribution is 0.0427. The van der Waals surface area contributed by atoms with Crippen LogP contribution in [0.1, 0.15) is 39.5 Å². The maximum atomic E-state index is 5.60. The topological polar surface area (TPSA) is 21.3 Å². The average Bonchev–Trinajstić information content (AvgIpc) is 2.35. The largest absolute Gasteiger partial charge is 0.381 e. The maximum absolute atomic E-state index is 5.60. The first-order chi connectivity index (χ1) is 7.88. The monoisotopic (exact) mass is 245 g/mol. The van der Waals surface area contributed by atoms with Crippen molar-refractivity contribution in [3.8, 4) is 0 Å². The molecule has 1 fully saturated rings. The predicted octanol–water partition coefficient (Wildman–Crippen LogP) is 2.92. The van der Waals surface area contributed by atoms with Gasteiger partial charge in [0.15, 0.2) is 0 Å². The molecule has 1 N–H and O–H groups in total. The Labute approximate surface area is 105 Å². The molecule has 1 rings (SSSR count). The van der Waals surface area contributed by atoms with Gasteiger partial charge in [0.2, 0.25) is 0 Å². The van der Waals surface area contributed by atoms with Gasteiger partial charge >= 0.3 is 0 Å². The van der Waals surface area contributed by atoms with Crippen LogP contribution < -0.4 is 5.32 Å². The van der Waals surface area contributed by atoms with E-state index in [4.69, 9.17) is 4.74 Å². The normalized spacial score (nSPS) is 23.2. The lowest BCUT2D eigenvalue weighted by atomic mass is 9.95. The van der Waals surface area contributed by atoms with Crippen LogP contribution in [0.25, 0.3) is 0 Å². The van der Waals surface area contributed by atoms with Crippen LogP contribution in [0, 0.1) is 5.92 Å². The number of thioether (sulfide) groups is 1. The quantitative estimate of drug-likeness (QED) is 0.664. The second-order valence-corrected chi connectivity index (χ2v) is 5.76. The smallest absolute Gasteiger partial charge is 0.0509 e. The summed E-state index contributed by atoms with van der Waals surface area (Å²) in [5.74, 6) is 3.28. The van der Waals surface area contributed by atoms with Gasteiger partial charge in [-0.1, -0.05) is 13.8 Å². The van der Waals surface area contributed by atoms with Crippen molar-refractivity contribution >= 4 is 11.8 Å². The van der Waals surface area contributed by atoms with E-state index < -0.39 is 0 Å². The van der Waals surface area contributed by atoms with Crippen molar-refractivity contribution in [3.05, 3.63) is 0 Å². The van der Waals surface area contributed by atoms with Crippen LogP contribution in [0.5, 0.6) is 0 Å². The molecule has 2 nitrogen and oxygen atoms in total. The minimum absolute atomic E-state index is 0.664. The Morgan fingerprint density at radius 1 is 1.38 bits per heavy atom. The summed E-state index contributed by atoms with van der Waals surface area (Å²) in [6.07, 6.45) is 5.09. The lowest BCUT2D eigenvalue weighted by Crippen LogP contribution is -2.42. The van der Waals surface area contributed by atoms with E-state index in [2.05, 4.69) is 30.9 Å². The number of hydrogen-bond acceptors (Lipinski definition) is 3.